The summed E-state index contributed by atoms with van der Waals surface area (Å²) >= 11 is 0. The van der Waals surface area contributed by atoms with E-state index in [2.05, 4.69) is 15.1 Å². The molecule has 0 saturated carbocycles. The molecule has 4 rings (SSSR count). The van der Waals surface area contributed by atoms with E-state index in [4.69, 9.17) is 28.6 Å². The second-order valence-corrected chi connectivity index (χ2v) is 9.65. The lowest BCUT2D eigenvalue weighted by Gasteiger charge is -2.47. The minimum absolute atomic E-state index is 0.0518. The second kappa shape index (κ2) is 12.4. The molecular weight excluding hydrogens is 556 g/mol. The lowest BCUT2D eigenvalue weighted by atomic mass is 9.89. The molecule has 0 radical (unpaired) electrons. The number of fused-ring (bicyclic) bond motifs is 1. The van der Waals surface area contributed by atoms with Crippen molar-refractivity contribution in [3.63, 3.8) is 0 Å². The van der Waals surface area contributed by atoms with E-state index in [0.29, 0.717) is 5.69 Å². The molecule has 3 heterocycles. The molecule has 0 unspecified atom stereocenters. The van der Waals surface area contributed by atoms with Crippen LogP contribution in [-0.4, -0.2) is 71.1 Å². The normalized spacial score (nSPS) is 21.2. The van der Waals surface area contributed by atoms with Crippen LogP contribution in [0.4, 0.5) is 10.5 Å². The Labute approximate surface area is 238 Å². The lowest BCUT2D eigenvalue weighted by Crippen LogP contribution is -2.65. The van der Waals surface area contributed by atoms with Crippen LogP contribution in [0, 0.1) is 18.3 Å². The number of rotatable bonds is 8. The molecule has 0 aliphatic carbocycles. The molecular formula is C27H28N4O11. The van der Waals surface area contributed by atoms with E-state index in [0.717, 1.165) is 0 Å². The maximum atomic E-state index is 12.8. The Morgan fingerprint density at radius 2 is 2.02 bits per heavy atom. The first kappa shape index (κ1) is 30.2. The molecule has 1 saturated heterocycles. The van der Waals surface area contributed by atoms with Crippen LogP contribution >= 0.6 is 0 Å². The summed E-state index contributed by atoms with van der Waals surface area (Å²) in [7, 11) is 1.34. The number of pyridine rings is 1. The standard InChI is InChI=1S/C27H28N4O11/c1-13-16(39-25-19(33)21(22(37-4)27(2,3)42-25)41-26(36)31-38-11-9-28)8-7-15-18(32)17(24(35)40-20(13)15)23(34)30-14-6-5-10-29-12-14/h5-8,10,12,19,21-22,25,32-33H,11H2,1-4H3,(H,30,34)(H,31,36)/t19-,21+,22-,25-/m1/s1. The zero-order valence-corrected chi connectivity index (χ0v) is 22.9. The van der Waals surface area contributed by atoms with Gasteiger partial charge < -0.3 is 38.9 Å². The summed E-state index contributed by atoms with van der Waals surface area (Å²) in [5, 5.41) is 33.0. The average molecular weight is 585 g/mol. The number of aliphatic hydroxyl groups is 1. The highest BCUT2D eigenvalue weighted by molar-refractivity contribution is 6.08. The van der Waals surface area contributed by atoms with Gasteiger partial charge in [0.2, 0.25) is 6.29 Å². The van der Waals surface area contributed by atoms with Crippen LogP contribution in [-0.2, 0) is 19.0 Å². The number of carbonyl (C=O) groups excluding carboxylic acids is 2. The van der Waals surface area contributed by atoms with Crippen molar-refractivity contribution in [2.45, 2.75) is 51.0 Å². The van der Waals surface area contributed by atoms with Crippen LogP contribution in [0.2, 0.25) is 0 Å². The van der Waals surface area contributed by atoms with Crippen molar-refractivity contribution in [3.05, 3.63) is 58.2 Å². The van der Waals surface area contributed by atoms with Gasteiger partial charge in [0, 0.05) is 18.9 Å². The molecule has 4 N–H and O–H groups in total. The fourth-order valence-electron chi connectivity index (χ4n) is 4.53. The fourth-order valence-corrected chi connectivity index (χ4v) is 4.53. The van der Waals surface area contributed by atoms with Crippen molar-refractivity contribution in [1.82, 2.24) is 10.5 Å². The molecule has 2 amide bonds. The third-order valence-corrected chi connectivity index (χ3v) is 6.44. The van der Waals surface area contributed by atoms with E-state index in [9.17, 15) is 24.6 Å². The Kier molecular flexibility index (Phi) is 8.93. The van der Waals surface area contributed by atoms with Gasteiger partial charge in [0.1, 0.15) is 23.2 Å². The largest absolute Gasteiger partial charge is 0.506 e. The summed E-state index contributed by atoms with van der Waals surface area (Å²) in [4.78, 5) is 46.2. The van der Waals surface area contributed by atoms with Crippen LogP contribution < -0.4 is 21.2 Å². The number of aliphatic hydroxyl groups excluding tert-OH is 1. The number of nitrogens with zero attached hydrogens (tertiary/aromatic N) is 2. The quantitative estimate of drug-likeness (QED) is 0.169. The summed E-state index contributed by atoms with van der Waals surface area (Å²) in [5.41, 5.74) is -0.458. The number of hydroxylamine groups is 1. The number of hydrogen-bond donors (Lipinski definition) is 4. The van der Waals surface area contributed by atoms with Crippen LogP contribution in [0.25, 0.3) is 11.0 Å². The number of nitrogens with one attached hydrogen (secondary N) is 2. The number of aromatic hydroxyl groups is 1. The molecule has 4 atom stereocenters. The third kappa shape index (κ3) is 6.11. The number of nitriles is 1. The summed E-state index contributed by atoms with van der Waals surface area (Å²) in [6, 6.07) is 7.60. The summed E-state index contributed by atoms with van der Waals surface area (Å²) < 4.78 is 28.0. The molecule has 1 aliphatic rings. The van der Waals surface area contributed by atoms with Crippen molar-refractivity contribution in [2.75, 3.05) is 19.0 Å². The molecule has 222 valence electrons. The van der Waals surface area contributed by atoms with Crippen LogP contribution in [0.1, 0.15) is 29.8 Å². The van der Waals surface area contributed by atoms with Gasteiger partial charge >= 0.3 is 11.7 Å². The third-order valence-electron chi connectivity index (χ3n) is 6.44. The number of aromatic nitrogens is 1. The van der Waals surface area contributed by atoms with Crippen molar-refractivity contribution >= 4 is 28.7 Å². The van der Waals surface area contributed by atoms with E-state index in [1.54, 1.807) is 32.0 Å². The number of ether oxygens (including phenoxy) is 4. The summed E-state index contributed by atoms with van der Waals surface area (Å²) in [5.74, 6) is -1.40. The Balaban J connectivity index is 1.61. The predicted octanol–water partition coefficient (Wildman–Crippen LogP) is 1.89. The van der Waals surface area contributed by atoms with Crippen LogP contribution in [0.3, 0.4) is 0 Å². The Morgan fingerprint density at radius 1 is 1.26 bits per heavy atom. The van der Waals surface area contributed by atoms with E-state index in [1.807, 2.05) is 5.48 Å². The van der Waals surface area contributed by atoms with Gasteiger partial charge in [-0.2, -0.15) is 10.7 Å². The van der Waals surface area contributed by atoms with Crippen molar-refractivity contribution < 1.29 is 48.0 Å². The van der Waals surface area contributed by atoms with E-state index in [1.165, 1.54) is 38.6 Å². The summed E-state index contributed by atoms with van der Waals surface area (Å²) in [6.45, 7) is 4.36. The number of aryl methyl sites for hydroxylation is 1. The highest BCUT2D eigenvalue weighted by Gasteiger charge is 2.53. The van der Waals surface area contributed by atoms with Crippen LogP contribution in [0.15, 0.2) is 45.9 Å². The average Bonchev–Trinajstić information content (AvgIpc) is 2.93. The van der Waals surface area contributed by atoms with Crippen molar-refractivity contribution in [3.8, 4) is 17.6 Å². The van der Waals surface area contributed by atoms with E-state index < -0.39 is 65.7 Å². The molecule has 1 aromatic carbocycles. The number of hydrogen-bond acceptors (Lipinski definition) is 13. The van der Waals surface area contributed by atoms with Crippen LogP contribution in [0.5, 0.6) is 11.5 Å². The minimum atomic E-state index is -1.58. The minimum Gasteiger partial charge on any atom is -0.506 e. The van der Waals surface area contributed by atoms with Gasteiger partial charge in [-0.15, -0.1) is 0 Å². The topological polar surface area (TPSA) is 212 Å². The van der Waals surface area contributed by atoms with Gasteiger partial charge in [-0.1, -0.05) is 0 Å². The molecule has 1 aliphatic heterocycles. The molecule has 15 heteroatoms. The van der Waals surface area contributed by atoms with Gasteiger partial charge in [-0.05, 0) is 45.0 Å². The monoisotopic (exact) mass is 584 g/mol. The molecule has 42 heavy (non-hydrogen) atoms. The van der Waals surface area contributed by atoms with E-state index >= 15 is 0 Å². The Hall–Kier alpha value is -4.75. The maximum Gasteiger partial charge on any atom is 0.431 e. The number of carbonyl (C=O) groups is 2. The first-order chi connectivity index (χ1) is 20.0. The van der Waals surface area contributed by atoms with Crippen molar-refractivity contribution in [2.24, 2.45) is 0 Å². The fraction of sp³-hybridized carbons (Fsp3) is 0.370. The van der Waals surface area contributed by atoms with Gasteiger partial charge in [0.05, 0.1) is 28.9 Å². The Bertz CT molecular complexity index is 1570. The van der Waals surface area contributed by atoms with Crippen molar-refractivity contribution in [1.29, 1.82) is 5.26 Å². The van der Waals surface area contributed by atoms with Gasteiger partial charge in [-0.25, -0.2) is 9.59 Å². The predicted molar refractivity (Wildman–Crippen MR) is 142 cm³/mol. The number of methoxy groups -OCH3 is 1. The molecule has 0 bridgehead atoms. The highest BCUT2D eigenvalue weighted by Crippen LogP contribution is 2.37. The molecule has 0 spiro atoms. The number of anilines is 1. The molecule has 1 fully saturated rings. The second-order valence-electron chi connectivity index (χ2n) is 9.65. The zero-order valence-electron chi connectivity index (χ0n) is 22.9. The van der Waals surface area contributed by atoms with Gasteiger partial charge in [-0.3, -0.25) is 14.6 Å². The first-order valence-corrected chi connectivity index (χ1v) is 12.5. The van der Waals surface area contributed by atoms with Gasteiger partial charge in [0.25, 0.3) is 5.91 Å². The number of amides is 2. The zero-order chi connectivity index (χ0) is 30.6. The Morgan fingerprint density at radius 3 is 2.69 bits per heavy atom. The summed E-state index contributed by atoms with van der Waals surface area (Å²) in [6.07, 6.45) is -3.46. The SMILES string of the molecule is CO[C@@H]1[C@@H](OC(=O)NOCC#N)[C@@H](O)[C@H](Oc2ccc3c(O)c(C(=O)Nc4cccnc4)c(=O)oc3c2C)OC1(C)C. The molecule has 2 aromatic heterocycles. The van der Waals surface area contributed by atoms with E-state index in [-0.39, 0.29) is 22.3 Å². The molecule has 3 aromatic rings. The number of benzene rings is 1. The highest BCUT2D eigenvalue weighted by atomic mass is 16.7. The smallest absolute Gasteiger partial charge is 0.431 e. The molecule has 15 nitrogen and oxygen atoms in total. The van der Waals surface area contributed by atoms with Gasteiger partial charge in [0.15, 0.2) is 24.4 Å². The lowest BCUT2D eigenvalue weighted by molar-refractivity contribution is -0.305. The maximum absolute atomic E-state index is 12.8. The first-order valence-electron chi connectivity index (χ1n) is 12.5.